The molecule has 0 aromatic carbocycles. The normalized spacial score (nSPS) is 31.9. The average molecular weight is 375 g/mol. The van der Waals surface area contributed by atoms with E-state index in [-0.39, 0.29) is 24.0 Å². The molecule has 3 aliphatic rings. The highest BCUT2D eigenvalue weighted by Crippen LogP contribution is 2.52. The van der Waals surface area contributed by atoms with Crippen LogP contribution >= 0.6 is 11.3 Å². The minimum absolute atomic E-state index is 0.0267. The lowest BCUT2D eigenvalue weighted by atomic mass is 9.76. The zero-order valence-electron chi connectivity index (χ0n) is 15.4. The van der Waals surface area contributed by atoms with E-state index in [1.807, 2.05) is 22.4 Å². The van der Waals surface area contributed by atoms with Crippen molar-refractivity contribution in [2.24, 2.45) is 11.8 Å². The fraction of sp³-hybridized carbons (Fsp3) is 0.632. The van der Waals surface area contributed by atoms with Gasteiger partial charge in [0.2, 0.25) is 11.8 Å². The molecule has 4 atom stereocenters. The molecule has 2 saturated heterocycles. The Morgan fingerprint density at radius 2 is 2.27 bits per heavy atom. The molecule has 26 heavy (non-hydrogen) atoms. The summed E-state index contributed by atoms with van der Waals surface area (Å²) in [5.41, 5.74) is -0.618. The van der Waals surface area contributed by atoms with Crippen molar-refractivity contribution in [2.45, 2.75) is 51.0 Å². The molecular weight excluding hydrogens is 350 g/mol. The first-order valence-electron chi connectivity index (χ1n) is 9.31. The molecule has 0 N–H and O–H groups in total. The first kappa shape index (κ1) is 17.7. The number of aromatic nitrogens is 1. The average Bonchev–Trinajstić information content (AvgIpc) is 3.38. The molecule has 1 spiro atoms. The van der Waals surface area contributed by atoms with Crippen molar-refractivity contribution in [3.8, 4) is 0 Å². The zero-order chi connectivity index (χ0) is 18.5. The predicted molar refractivity (Wildman–Crippen MR) is 98.4 cm³/mol. The SMILES string of the molecule is CCC(CC)N1C[C@@]23C=C[C@@H](O2)C(C(=O)N(C)Cc2nccs2)C3C1=O. The smallest absolute Gasteiger partial charge is 0.230 e. The summed E-state index contributed by atoms with van der Waals surface area (Å²) in [6, 6.07) is 0.210. The van der Waals surface area contributed by atoms with E-state index in [2.05, 4.69) is 18.8 Å². The van der Waals surface area contributed by atoms with E-state index in [0.717, 1.165) is 17.8 Å². The summed E-state index contributed by atoms with van der Waals surface area (Å²) in [5, 5.41) is 2.80. The first-order chi connectivity index (χ1) is 12.5. The van der Waals surface area contributed by atoms with Gasteiger partial charge in [0.15, 0.2) is 0 Å². The summed E-state index contributed by atoms with van der Waals surface area (Å²) in [7, 11) is 1.78. The fourth-order valence-corrected chi connectivity index (χ4v) is 5.38. The van der Waals surface area contributed by atoms with Gasteiger partial charge in [-0.2, -0.15) is 0 Å². The van der Waals surface area contributed by atoms with Gasteiger partial charge in [-0.25, -0.2) is 4.98 Å². The van der Waals surface area contributed by atoms with Crippen LogP contribution in [-0.4, -0.2) is 57.9 Å². The van der Waals surface area contributed by atoms with Gasteiger partial charge in [0.25, 0.3) is 0 Å². The second-order valence-electron chi connectivity index (χ2n) is 7.46. The lowest BCUT2D eigenvalue weighted by Crippen LogP contribution is -2.45. The van der Waals surface area contributed by atoms with E-state index in [1.165, 1.54) is 11.3 Å². The summed E-state index contributed by atoms with van der Waals surface area (Å²) in [4.78, 5) is 34.3. The highest BCUT2D eigenvalue weighted by molar-refractivity contribution is 7.09. The lowest BCUT2D eigenvalue weighted by Gasteiger charge is -2.29. The maximum Gasteiger partial charge on any atom is 0.230 e. The van der Waals surface area contributed by atoms with Gasteiger partial charge >= 0.3 is 0 Å². The number of hydrogen-bond donors (Lipinski definition) is 0. The molecule has 0 aliphatic carbocycles. The molecule has 3 aliphatic heterocycles. The van der Waals surface area contributed by atoms with Crippen LogP contribution in [0.4, 0.5) is 0 Å². The molecule has 2 bridgehead atoms. The topological polar surface area (TPSA) is 62.7 Å². The monoisotopic (exact) mass is 375 g/mol. The molecule has 2 fully saturated rings. The van der Waals surface area contributed by atoms with Gasteiger partial charge in [-0.05, 0) is 12.8 Å². The Morgan fingerprint density at radius 3 is 2.92 bits per heavy atom. The second-order valence-corrected chi connectivity index (χ2v) is 8.44. The Hall–Kier alpha value is -1.73. The molecule has 4 heterocycles. The van der Waals surface area contributed by atoms with E-state index in [4.69, 9.17) is 4.74 Å². The van der Waals surface area contributed by atoms with Crippen LogP contribution < -0.4 is 0 Å². The number of carbonyl (C=O) groups is 2. The molecule has 2 amide bonds. The number of ether oxygens (including phenoxy) is 1. The standard InChI is InChI=1S/C19H25N3O3S/c1-4-12(5-2)22-11-19-7-6-13(25-19)15(16(19)18(22)24)17(23)21(3)10-14-20-8-9-26-14/h6-9,12-13,15-16H,4-5,10-11H2,1-3H3/t13-,15?,16?,19-/m1/s1. The van der Waals surface area contributed by atoms with Crippen LogP contribution in [0.25, 0.3) is 0 Å². The van der Waals surface area contributed by atoms with Gasteiger partial charge in [0.05, 0.1) is 31.0 Å². The van der Waals surface area contributed by atoms with Gasteiger partial charge in [-0.1, -0.05) is 26.0 Å². The van der Waals surface area contributed by atoms with Crippen LogP contribution in [0.2, 0.25) is 0 Å². The van der Waals surface area contributed by atoms with E-state index < -0.39 is 17.4 Å². The Balaban J connectivity index is 1.57. The van der Waals surface area contributed by atoms with Crippen molar-refractivity contribution in [1.82, 2.24) is 14.8 Å². The Labute approximate surface area is 157 Å². The summed E-state index contributed by atoms with van der Waals surface area (Å²) in [5.74, 6) is -0.783. The first-order valence-corrected chi connectivity index (χ1v) is 10.2. The van der Waals surface area contributed by atoms with E-state index in [9.17, 15) is 9.59 Å². The van der Waals surface area contributed by atoms with Crippen molar-refractivity contribution < 1.29 is 14.3 Å². The molecule has 1 aromatic heterocycles. The van der Waals surface area contributed by atoms with Crippen LogP contribution in [0.5, 0.6) is 0 Å². The summed E-state index contributed by atoms with van der Waals surface area (Å²) < 4.78 is 6.21. The third-order valence-electron chi connectivity index (χ3n) is 6.03. The summed E-state index contributed by atoms with van der Waals surface area (Å²) in [6.45, 7) is 5.24. The molecule has 7 heteroatoms. The Kier molecular flexibility index (Phi) is 4.39. The molecule has 1 aromatic rings. The van der Waals surface area contributed by atoms with Crippen molar-refractivity contribution in [3.63, 3.8) is 0 Å². The largest absolute Gasteiger partial charge is 0.360 e. The number of nitrogens with zero attached hydrogens (tertiary/aromatic N) is 3. The highest BCUT2D eigenvalue weighted by atomic mass is 32.1. The maximum absolute atomic E-state index is 13.2. The van der Waals surface area contributed by atoms with Crippen molar-refractivity contribution in [2.75, 3.05) is 13.6 Å². The molecule has 0 saturated carbocycles. The predicted octanol–water partition coefficient (Wildman–Crippen LogP) is 2.07. The number of rotatable bonds is 6. The number of thiazole rings is 1. The third-order valence-corrected chi connectivity index (χ3v) is 6.79. The van der Waals surface area contributed by atoms with Crippen LogP contribution in [0.1, 0.15) is 31.7 Å². The second kappa shape index (κ2) is 6.46. The molecule has 0 radical (unpaired) electrons. The van der Waals surface area contributed by atoms with E-state index >= 15 is 0 Å². The number of carbonyl (C=O) groups excluding carboxylic acids is 2. The quantitative estimate of drug-likeness (QED) is 0.714. The van der Waals surface area contributed by atoms with Gasteiger partial charge in [-0.15, -0.1) is 11.3 Å². The number of amides is 2. The summed E-state index contributed by atoms with van der Waals surface area (Å²) in [6.07, 6.45) is 7.28. The maximum atomic E-state index is 13.2. The van der Waals surface area contributed by atoms with Crippen molar-refractivity contribution >= 4 is 23.2 Å². The molecule has 140 valence electrons. The third kappa shape index (κ3) is 2.52. The number of fused-ring (bicyclic) bond motifs is 1. The van der Waals surface area contributed by atoms with E-state index in [1.54, 1.807) is 18.1 Å². The molecule has 4 rings (SSSR count). The minimum atomic E-state index is -0.618. The lowest BCUT2D eigenvalue weighted by molar-refractivity contribution is -0.143. The molecule has 2 unspecified atom stereocenters. The van der Waals surface area contributed by atoms with Gasteiger partial charge in [0.1, 0.15) is 10.6 Å². The number of likely N-dealkylation sites (tertiary alicyclic amines) is 1. The minimum Gasteiger partial charge on any atom is -0.360 e. The Bertz CT molecular complexity index is 730. The molecule has 6 nitrogen and oxygen atoms in total. The van der Waals surface area contributed by atoms with Crippen LogP contribution in [-0.2, 0) is 20.9 Å². The fourth-order valence-electron chi connectivity index (χ4n) is 4.71. The van der Waals surface area contributed by atoms with Gasteiger partial charge < -0.3 is 14.5 Å². The van der Waals surface area contributed by atoms with Gasteiger partial charge in [-0.3, -0.25) is 9.59 Å². The van der Waals surface area contributed by atoms with Crippen LogP contribution in [0.3, 0.4) is 0 Å². The van der Waals surface area contributed by atoms with Gasteiger partial charge in [0, 0.05) is 24.7 Å². The zero-order valence-corrected chi connectivity index (χ0v) is 16.2. The van der Waals surface area contributed by atoms with Crippen LogP contribution in [0, 0.1) is 11.8 Å². The van der Waals surface area contributed by atoms with Crippen LogP contribution in [0.15, 0.2) is 23.7 Å². The molecular formula is C19H25N3O3S. The summed E-state index contributed by atoms with van der Waals surface area (Å²) >= 11 is 1.53. The van der Waals surface area contributed by atoms with Crippen molar-refractivity contribution in [1.29, 1.82) is 0 Å². The van der Waals surface area contributed by atoms with Crippen molar-refractivity contribution in [3.05, 3.63) is 28.7 Å². The highest BCUT2D eigenvalue weighted by Gasteiger charge is 2.67. The number of hydrogen-bond acceptors (Lipinski definition) is 5. The van der Waals surface area contributed by atoms with E-state index in [0.29, 0.717) is 13.1 Å². The Morgan fingerprint density at radius 1 is 1.50 bits per heavy atom.